The third-order valence-electron chi connectivity index (χ3n) is 2.34. The summed E-state index contributed by atoms with van der Waals surface area (Å²) in [6.07, 6.45) is 0. The van der Waals surface area contributed by atoms with Crippen LogP contribution in [-0.4, -0.2) is 12.4 Å². The fraction of sp³-hybridized carbons (Fsp3) is 0.0714. The third kappa shape index (κ3) is 3.34. The molecule has 0 fully saturated rings. The van der Waals surface area contributed by atoms with Gasteiger partial charge in [-0.2, -0.15) is 0 Å². The van der Waals surface area contributed by atoms with Crippen molar-refractivity contribution >= 4 is 33.3 Å². The molecule has 0 amide bonds. The Bertz CT molecular complexity index is 569. The summed E-state index contributed by atoms with van der Waals surface area (Å²) in [5.74, 6) is 0.429. The number of halogens is 2. The molecule has 0 unspecified atom stereocenters. The van der Waals surface area contributed by atoms with Gasteiger partial charge in [0.2, 0.25) is 0 Å². The molecule has 92 valence electrons. The van der Waals surface area contributed by atoms with Crippen LogP contribution in [-0.2, 0) is 0 Å². The minimum Gasteiger partial charge on any atom is -0.484 e. The summed E-state index contributed by atoms with van der Waals surface area (Å²) in [6.45, 7) is -0.0276. The second kappa shape index (κ2) is 6.03. The average Bonchev–Trinajstić information content (AvgIpc) is 2.37. The van der Waals surface area contributed by atoms with E-state index < -0.39 is 0 Å². The van der Waals surface area contributed by atoms with Crippen LogP contribution >= 0.6 is 27.5 Å². The van der Waals surface area contributed by atoms with E-state index in [4.69, 9.17) is 16.3 Å². The second-order valence-electron chi connectivity index (χ2n) is 3.65. The first kappa shape index (κ1) is 13.1. The number of hydrogen-bond donors (Lipinski definition) is 0. The molecule has 2 aromatic rings. The van der Waals surface area contributed by atoms with Crippen LogP contribution in [0.3, 0.4) is 0 Å². The molecule has 0 aliphatic rings. The van der Waals surface area contributed by atoms with E-state index in [2.05, 4.69) is 15.9 Å². The molecule has 0 atom stereocenters. The van der Waals surface area contributed by atoms with E-state index in [-0.39, 0.29) is 12.4 Å². The molecule has 0 bridgehead atoms. The molecule has 0 saturated carbocycles. The lowest BCUT2D eigenvalue weighted by molar-refractivity contribution is 0.0921. The molecule has 2 rings (SSSR count). The van der Waals surface area contributed by atoms with Crippen LogP contribution in [0.4, 0.5) is 0 Å². The zero-order chi connectivity index (χ0) is 13.0. The third-order valence-corrected chi connectivity index (χ3v) is 3.15. The van der Waals surface area contributed by atoms with Crippen LogP contribution in [0.2, 0.25) is 5.02 Å². The summed E-state index contributed by atoms with van der Waals surface area (Å²) in [7, 11) is 0. The van der Waals surface area contributed by atoms with Crippen molar-refractivity contribution in [3.8, 4) is 5.75 Å². The maximum atomic E-state index is 11.9. The van der Waals surface area contributed by atoms with Crippen molar-refractivity contribution < 1.29 is 9.53 Å². The summed E-state index contributed by atoms with van der Waals surface area (Å²) in [5.41, 5.74) is 0.608. The second-order valence-corrected chi connectivity index (χ2v) is 4.98. The maximum absolute atomic E-state index is 11.9. The van der Waals surface area contributed by atoms with Crippen molar-refractivity contribution in [3.05, 3.63) is 63.6 Å². The molecule has 0 aliphatic carbocycles. The van der Waals surface area contributed by atoms with Gasteiger partial charge in [0.15, 0.2) is 12.4 Å². The van der Waals surface area contributed by atoms with Crippen LogP contribution in [0.25, 0.3) is 0 Å². The Balaban J connectivity index is 2.03. The molecular weight excluding hydrogens is 316 g/mol. The quantitative estimate of drug-likeness (QED) is 0.781. The van der Waals surface area contributed by atoms with Crippen molar-refractivity contribution in [2.24, 2.45) is 0 Å². The highest BCUT2D eigenvalue weighted by Gasteiger charge is 2.08. The fourth-order valence-corrected chi connectivity index (χ4v) is 2.04. The van der Waals surface area contributed by atoms with Crippen LogP contribution in [0, 0.1) is 0 Å². The normalized spacial score (nSPS) is 10.1. The van der Waals surface area contributed by atoms with Gasteiger partial charge < -0.3 is 4.74 Å². The Hall–Kier alpha value is -1.32. The Labute approximate surface area is 119 Å². The highest BCUT2D eigenvalue weighted by molar-refractivity contribution is 9.10. The van der Waals surface area contributed by atoms with E-state index in [0.717, 1.165) is 4.47 Å². The number of para-hydroxylation sites is 1. The van der Waals surface area contributed by atoms with Gasteiger partial charge in [0.25, 0.3) is 0 Å². The smallest absolute Gasteiger partial charge is 0.200 e. The molecule has 4 heteroatoms. The van der Waals surface area contributed by atoms with Crippen molar-refractivity contribution in [2.75, 3.05) is 6.61 Å². The topological polar surface area (TPSA) is 26.3 Å². The predicted molar refractivity (Wildman–Crippen MR) is 75.4 cm³/mol. The summed E-state index contributed by atoms with van der Waals surface area (Å²) in [4.78, 5) is 11.9. The number of rotatable bonds is 4. The van der Waals surface area contributed by atoms with Crippen molar-refractivity contribution in [1.82, 2.24) is 0 Å². The molecule has 0 aliphatic heterocycles. The van der Waals surface area contributed by atoms with E-state index >= 15 is 0 Å². The van der Waals surface area contributed by atoms with Gasteiger partial charge in [-0.05, 0) is 24.3 Å². The molecular formula is C14H10BrClO2. The Morgan fingerprint density at radius 3 is 2.67 bits per heavy atom. The lowest BCUT2D eigenvalue weighted by Gasteiger charge is -2.07. The van der Waals surface area contributed by atoms with E-state index in [9.17, 15) is 4.79 Å². The van der Waals surface area contributed by atoms with Gasteiger partial charge in [-0.3, -0.25) is 4.79 Å². The van der Waals surface area contributed by atoms with Gasteiger partial charge in [0, 0.05) is 10.0 Å². The lowest BCUT2D eigenvalue weighted by Crippen LogP contribution is -2.11. The Morgan fingerprint density at radius 2 is 1.94 bits per heavy atom. The molecule has 0 radical (unpaired) electrons. The van der Waals surface area contributed by atoms with Gasteiger partial charge in [0.1, 0.15) is 5.75 Å². The number of ketones is 1. The van der Waals surface area contributed by atoms with Gasteiger partial charge in [-0.25, -0.2) is 0 Å². The SMILES string of the molecule is O=C(COc1ccccc1Cl)c1cccc(Br)c1. The molecule has 18 heavy (non-hydrogen) atoms. The molecule has 0 spiro atoms. The zero-order valence-electron chi connectivity index (χ0n) is 9.40. The largest absolute Gasteiger partial charge is 0.484 e. The first-order valence-electron chi connectivity index (χ1n) is 5.33. The van der Waals surface area contributed by atoms with E-state index in [1.807, 2.05) is 24.3 Å². The van der Waals surface area contributed by atoms with E-state index in [1.54, 1.807) is 24.3 Å². The number of benzene rings is 2. The van der Waals surface area contributed by atoms with Crippen LogP contribution in [0.1, 0.15) is 10.4 Å². The van der Waals surface area contributed by atoms with Crippen LogP contribution < -0.4 is 4.74 Å². The lowest BCUT2D eigenvalue weighted by atomic mass is 10.1. The highest BCUT2D eigenvalue weighted by atomic mass is 79.9. The predicted octanol–water partition coefficient (Wildman–Crippen LogP) is 4.36. The van der Waals surface area contributed by atoms with Crippen molar-refractivity contribution in [2.45, 2.75) is 0 Å². The molecule has 2 nitrogen and oxygen atoms in total. The zero-order valence-corrected chi connectivity index (χ0v) is 11.7. The number of ether oxygens (including phenoxy) is 1. The molecule has 0 heterocycles. The fourth-order valence-electron chi connectivity index (χ4n) is 1.45. The number of Topliss-reactive ketones (excluding diaryl/α,β-unsaturated/α-hetero) is 1. The molecule has 0 aromatic heterocycles. The minimum atomic E-state index is -0.0868. The number of hydrogen-bond acceptors (Lipinski definition) is 2. The van der Waals surface area contributed by atoms with E-state index in [0.29, 0.717) is 16.3 Å². The van der Waals surface area contributed by atoms with Gasteiger partial charge in [-0.15, -0.1) is 0 Å². The van der Waals surface area contributed by atoms with Crippen LogP contribution in [0.5, 0.6) is 5.75 Å². The minimum absolute atomic E-state index is 0.0276. The number of carbonyl (C=O) groups is 1. The summed E-state index contributed by atoms with van der Waals surface area (Å²) in [5, 5.41) is 0.500. The van der Waals surface area contributed by atoms with Gasteiger partial charge >= 0.3 is 0 Å². The van der Waals surface area contributed by atoms with E-state index in [1.165, 1.54) is 0 Å². The Morgan fingerprint density at radius 1 is 1.17 bits per heavy atom. The standard InChI is InChI=1S/C14H10BrClO2/c15-11-5-3-4-10(8-11)13(17)9-18-14-7-2-1-6-12(14)16/h1-8H,9H2. The molecule has 2 aromatic carbocycles. The monoisotopic (exact) mass is 324 g/mol. The van der Waals surface area contributed by atoms with Crippen molar-refractivity contribution in [1.29, 1.82) is 0 Å². The first-order chi connectivity index (χ1) is 8.66. The van der Waals surface area contributed by atoms with Crippen molar-refractivity contribution in [3.63, 3.8) is 0 Å². The number of carbonyl (C=O) groups excluding carboxylic acids is 1. The van der Waals surface area contributed by atoms with Gasteiger partial charge in [-0.1, -0.05) is 51.8 Å². The molecule has 0 saturated heterocycles. The summed E-state index contributed by atoms with van der Waals surface area (Å²) in [6, 6.07) is 14.3. The Kier molecular flexibility index (Phi) is 4.39. The van der Waals surface area contributed by atoms with Gasteiger partial charge in [0.05, 0.1) is 5.02 Å². The summed E-state index contributed by atoms with van der Waals surface area (Å²) < 4.78 is 6.26. The highest BCUT2D eigenvalue weighted by Crippen LogP contribution is 2.23. The maximum Gasteiger partial charge on any atom is 0.200 e. The van der Waals surface area contributed by atoms with Crippen LogP contribution in [0.15, 0.2) is 53.0 Å². The first-order valence-corrected chi connectivity index (χ1v) is 6.50. The summed E-state index contributed by atoms with van der Waals surface area (Å²) >= 11 is 9.26. The molecule has 0 N–H and O–H groups in total. The average molecular weight is 326 g/mol.